The number of hydrogen-bond acceptors (Lipinski definition) is 3. The van der Waals surface area contributed by atoms with Gasteiger partial charge in [0.2, 0.25) is 0 Å². The maximum Gasteiger partial charge on any atom is 0.164 e. The summed E-state index contributed by atoms with van der Waals surface area (Å²) < 4.78 is 0. The number of hydrogen-bond donors (Lipinski definition) is 0. The summed E-state index contributed by atoms with van der Waals surface area (Å²) >= 11 is 0. The number of rotatable bonds is 7. The fourth-order valence-electron chi connectivity index (χ4n) is 10.0. The van der Waals surface area contributed by atoms with Gasteiger partial charge in [0.1, 0.15) is 0 Å². The van der Waals surface area contributed by atoms with E-state index in [-0.39, 0.29) is 0 Å². The van der Waals surface area contributed by atoms with Crippen molar-refractivity contribution in [1.29, 1.82) is 0 Å². The minimum Gasteiger partial charge on any atom is -0.208 e. The summed E-state index contributed by atoms with van der Waals surface area (Å²) in [5.41, 5.74) is 12.1. The van der Waals surface area contributed by atoms with E-state index in [0.717, 1.165) is 49.7 Å². The van der Waals surface area contributed by atoms with Gasteiger partial charge in [-0.15, -0.1) is 0 Å². The Morgan fingerprint density at radius 1 is 0.176 bits per heavy atom. The minimum atomic E-state index is 0.617. The van der Waals surface area contributed by atoms with Gasteiger partial charge in [-0.25, -0.2) is 15.0 Å². The molecule has 0 fully saturated rings. The second kappa shape index (κ2) is 16.4. The van der Waals surface area contributed by atoms with E-state index < -0.39 is 0 Å². The van der Waals surface area contributed by atoms with E-state index in [1.54, 1.807) is 0 Å². The number of nitrogens with zero attached hydrogens (tertiary/aromatic N) is 3. The smallest absolute Gasteiger partial charge is 0.164 e. The molecule has 12 aromatic carbocycles. The highest BCUT2D eigenvalue weighted by Gasteiger charge is 2.18. The van der Waals surface area contributed by atoms with E-state index in [1.165, 1.54) is 65.3 Å². The molecule has 0 aliphatic rings. The molecule has 1 aromatic heterocycles. The highest BCUT2D eigenvalue weighted by atomic mass is 15.0. The molecule has 3 nitrogen and oxygen atoms in total. The fraction of sp³-hybridized carbons (Fsp3) is 0. The van der Waals surface area contributed by atoms with Gasteiger partial charge in [0.05, 0.1) is 0 Å². The molecule has 13 rings (SSSR count). The maximum absolute atomic E-state index is 5.32. The van der Waals surface area contributed by atoms with E-state index in [1.807, 2.05) is 0 Å². The van der Waals surface area contributed by atoms with Crippen LogP contribution in [0, 0.1) is 0 Å². The van der Waals surface area contributed by atoms with Crippen LogP contribution >= 0.6 is 0 Å². The standard InChI is InChI=1S/C65H41N3/c1-2-14-42(15-3-1)45-28-29-48-37-46(30-31-47(48)36-45)44-19-12-20-53(39-44)63-66-64(68-65(67-63)61-26-11-10-24-59(61)58-27-13-18-43-16-4-6-21-55(43)58)54-35-33-49-38-52(34-32-50(49)40-54)62-41-51-17-5-7-22-56(51)57-23-8-9-25-60(57)62/h1-41H. The summed E-state index contributed by atoms with van der Waals surface area (Å²) in [6, 6.07) is 89.1. The molecule has 68 heavy (non-hydrogen) atoms. The summed E-state index contributed by atoms with van der Waals surface area (Å²) in [6.45, 7) is 0. The molecular formula is C65H41N3. The predicted molar refractivity (Wildman–Crippen MR) is 285 cm³/mol. The van der Waals surface area contributed by atoms with Gasteiger partial charge in [0, 0.05) is 16.7 Å². The molecular weight excluding hydrogens is 823 g/mol. The minimum absolute atomic E-state index is 0.617. The molecule has 0 N–H and O–H groups in total. The summed E-state index contributed by atoms with van der Waals surface area (Å²) in [6.07, 6.45) is 0. The van der Waals surface area contributed by atoms with E-state index in [4.69, 9.17) is 15.0 Å². The van der Waals surface area contributed by atoms with Crippen LogP contribution in [0.5, 0.6) is 0 Å². The Balaban J connectivity index is 0.934. The van der Waals surface area contributed by atoms with Crippen molar-refractivity contribution in [3.63, 3.8) is 0 Å². The van der Waals surface area contributed by atoms with Gasteiger partial charge >= 0.3 is 0 Å². The second-order valence-corrected chi connectivity index (χ2v) is 17.6. The van der Waals surface area contributed by atoms with Crippen LogP contribution in [-0.4, -0.2) is 15.0 Å². The predicted octanol–water partition coefficient (Wildman–Crippen LogP) is 17.3. The van der Waals surface area contributed by atoms with Crippen molar-refractivity contribution in [2.75, 3.05) is 0 Å². The first-order chi connectivity index (χ1) is 33.7. The third-order valence-corrected chi connectivity index (χ3v) is 13.5. The van der Waals surface area contributed by atoms with Crippen molar-refractivity contribution >= 4 is 53.9 Å². The van der Waals surface area contributed by atoms with E-state index in [9.17, 15) is 0 Å². The first-order valence-corrected chi connectivity index (χ1v) is 23.2. The van der Waals surface area contributed by atoms with E-state index in [0.29, 0.717) is 17.5 Å². The van der Waals surface area contributed by atoms with Gasteiger partial charge in [-0.05, 0) is 135 Å². The Labute approximate surface area is 394 Å². The highest BCUT2D eigenvalue weighted by molar-refractivity contribution is 6.14. The lowest BCUT2D eigenvalue weighted by atomic mass is 9.92. The molecule has 0 saturated heterocycles. The molecule has 316 valence electrons. The molecule has 0 aliphatic heterocycles. The molecule has 0 saturated carbocycles. The average molecular weight is 864 g/mol. The molecule has 0 spiro atoms. The lowest BCUT2D eigenvalue weighted by Gasteiger charge is -2.14. The Hall–Kier alpha value is -9.05. The molecule has 0 amide bonds. The fourth-order valence-corrected chi connectivity index (χ4v) is 10.0. The number of fused-ring (bicyclic) bond motifs is 6. The van der Waals surface area contributed by atoms with Crippen LogP contribution in [0.1, 0.15) is 0 Å². The quantitative estimate of drug-likeness (QED) is 0.150. The summed E-state index contributed by atoms with van der Waals surface area (Å²) in [5.74, 6) is 1.86. The third-order valence-electron chi connectivity index (χ3n) is 13.5. The van der Waals surface area contributed by atoms with Crippen LogP contribution in [0.15, 0.2) is 249 Å². The summed E-state index contributed by atoms with van der Waals surface area (Å²) in [7, 11) is 0. The van der Waals surface area contributed by atoms with Gasteiger partial charge in [0.15, 0.2) is 17.5 Å². The van der Waals surface area contributed by atoms with Gasteiger partial charge < -0.3 is 0 Å². The normalized spacial score (nSPS) is 11.5. The first-order valence-electron chi connectivity index (χ1n) is 23.2. The summed E-state index contributed by atoms with van der Waals surface area (Å²) in [5, 5.41) is 12.1. The number of benzene rings is 12. The van der Waals surface area contributed by atoms with Crippen molar-refractivity contribution in [2.45, 2.75) is 0 Å². The lowest BCUT2D eigenvalue weighted by Crippen LogP contribution is -2.01. The molecule has 0 bridgehead atoms. The van der Waals surface area contributed by atoms with Crippen LogP contribution in [0.25, 0.3) is 133 Å². The Kier molecular flexibility index (Phi) is 9.50. The topological polar surface area (TPSA) is 38.7 Å². The largest absolute Gasteiger partial charge is 0.208 e. The molecule has 0 atom stereocenters. The SMILES string of the molecule is c1ccc(-c2ccc3cc(-c4cccc(-c5nc(-c6ccc7cc(-c8cc9ccccc9c9ccccc89)ccc7c6)nc(-c6ccccc6-c6cccc7ccccc67)n5)c4)ccc3c2)cc1. The summed E-state index contributed by atoms with van der Waals surface area (Å²) in [4.78, 5) is 15.9. The van der Waals surface area contributed by atoms with Crippen molar-refractivity contribution in [2.24, 2.45) is 0 Å². The monoisotopic (exact) mass is 863 g/mol. The Morgan fingerprint density at radius 2 is 0.618 bits per heavy atom. The lowest BCUT2D eigenvalue weighted by molar-refractivity contribution is 1.07. The number of aromatic nitrogens is 3. The third kappa shape index (κ3) is 7.06. The van der Waals surface area contributed by atoms with Gasteiger partial charge in [-0.2, -0.15) is 0 Å². The van der Waals surface area contributed by atoms with Crippen LogP contribution in [-0.2, 0) is 0 Å². The average Bonchev–Trinajstić information content (AvgIpc) is 3.42. The first kappa shape index (κ1) is 39.3. The molecule has 0 aliphatic carbocycles. The van der Waals surface area contributed by atoms with Crippen LogP contribution in [0.3, 0.4) is 0 Å². The van der Waals surface area contributed by atoms with E-state index >= 15 is 0 Å². The molecule has 13 aromatic rings. The van der Waals surface area contributed by atoms with Crippen molar-refractivity contribution in [3.8, 4) is 78.7 Å². The zero-order chi connectivity index (χ0) is 45.0. The molecule has 3 heteroatoms. The van der Waals surface area contributed by atoms with Gasteiger partial charge in [0.25, 0.3) is 0 Å². The van der Waals surface area contributed by atoms with Crippen molar-refractivity contribution < 1.29 is 0 Å². The Morgan fingerprint density at radius 3 is 1.37 bits per heavy atom. The zero-order valence-electron chi connectivity index (χ0n) is 37.0. The maximum atomic E-state index is 5.32. The van der Waals surface area contributed by atoms with E-state index in [2.05, 4.69) is 249 Å². The second-order valence-electron chi connectivity index (χ2n) is 17.6. The van der Waals surface area contributed by atoms with Gasteiger partial charge in [-0.3, -0.25) is 0 Å². The highest BCUT2D eigenvalue weighted by Crippen LogP contribution is 2.39. The molecule has 1 heterocycles. The van der Waals surface area contributed by atoms with Gasteiger partial charge in [-0.1, -0.05) is 212 Å². The Bertz CT molecular complexity index is 4090. The molecule has 0 unspecified atom stereocenters. The van der Waals surface area contributed by atoms with Crippen molar-refractivity contribution in [1.82, 2.24) is 15.0 Å². The van der Waals surface area contributed by atoms with Crippen molar-refractivity contribution in [3.05, 3.63) is 249 Å². The van der Waals surface area contributed by atoms with Crippen LogP contribution in [0.4, 0.5) is 0 Å². The van der Waals surface area contributed by atoms with Crippen LogP contribution in [0.2, 0.25) is 0 Å². The van der Waals surface area contributed by atoms with Crippen LogP contribution < -0.4 is 0 Å². The zero-order valence-corrected chi connectivity index (χ0v) is 37.0. The molecule has 0 radical (unpaired) electrons.